The van der Waals surface area contributed by atoms with E-state index >= 15 is 0 Å². The molecule has 2 aromatic heterocycles. The lowest BCUT2D eigenvalue weighted by atomic mass is 10.3. The van der Waals surface area contributed by atoms with Gasteiger partial charge in [-0.15, -0.1) is 21.5 Å². The van der Waals surface area contributed by atoms with Crippen molar-refractivity contribution in [2.45, 2.75) is 0 Å². The Morgan fingerprint density at radius 3 is 2.65 bits per heavy atom. The molecule has 5 nitrogen and oxygen atoms in total. The number of hydrogen-bond acceptors (Lipinski definition) is 6. The summed E-state index contributed by atoms with van der Waals surface area (Å²) >= 11 is 1.60. The Labute approximate surface area is 101 Å². The zero-order chi connectivity index (χ0) is 11.7. The molecule has 0 spiro atoms. The third kappa shape index (κ3) is 1.83. The van der Waals surface area contributed by atoms with Gasteiger partial charge in [0.05, 0.1) is 10.2 Å². The average Bonchev–Trinajstić information content (AvgIpc) is 2.82. The molecule has 0 aliphatic rings. The smallest absolute Gasteiger partial charge is 0.162 e. The molecular formula is C11H9N5S. The molecule has 1 aromatic carbocycles. The molecule has 3 rings (SSSR count). The van der Waals surface area contributed by atoms with Gasteiger partial charge in [0, 0.05) is 0 Å². The van der Waals surface area contributed by atoms with E-state index in [1.165, 1.54) is 0 Å². The summed E-state index contributed by atoms with van der Waals surface area (Å²) in [6.07, 6.45) is 0. The number of nitrogen functional groups attached to an aromatic ring is 1. The minimum Gasteiger partial charge on any atom is -0.307 e. The molecule has 0 aliphatic heterocycles. The van der Waals surface area contributed by atoms with Crippen molar-refractivity contribution >= 4 is 27.4 Å². The Morgan fingerprint density at radius 1 is 1.06 bits per heavy atom. The number of para-hydroxylation sites is 1. The minimum absolute atomic E-state index is 0.537. The Balaban J connectivity index is 2.07. The van der Waals surface area contributed by atoms with E-state index in [1.807, 2.05) is 30.3 Å². The lowest BCUT2D eigenvalue weighted by Crippen LogP contribution is -2.08. The third-order valence-corrected chi connectivity index (χ3v) is 3.38. The van der Waals surface area contributed by atoms with E-state index in [0.29, 0.717) is 5.82 Å². The van der Waals surface area contributed by atoms with Gasteiger partial charge in [0.15, 0.2) is 5.82 Å². The van der Waals surface area contributed by atoms with Crippen LogP contribution in [0.25, 0.3) is 20.9 Å². The van der Waals surface area contributed by atoms with E-state index in [0.717, 1.165) is 20.9 Å². The number of benzene rings is 1. The molecular weight excluding hydrogens is 234 g/mol. The second kappa shape index (κ2) is 4.08. The second-order valence-electron chi connectivity index (χ2n) is 3.43. The van der Waals surface area contributed by atoms with Gasteiger partial charge in [-0.1, -0.05) is 12.1 Å². The third-order valence-electron chi connectivity index (χ3n) is 2.33. The van der Waals surface area contributed by atoms with Crippen LogP contribution in [0.5, 0.6) is 0 Å². The number of hydrogen-bond donors (Lipinski definition) is 2. The van der Waals surface area contributed by atoms with Crippen LogP contribution in [0.2, 0.25) is 0 Å². The van der Waals surface area contributed by atoms with Gasteiger partial charge in [0.2, 0.25) is 0 Å². The molecule has 3 aromatic rings. The number of anilines is 1. The van der Waals surface area contributed by atoms with Crippen LogP contribution in [0.4, 0.5) is 5.82 Å². The van der Waals surface area contributed by atoms with E-state index in [-0.39, 0.29) is 0 Å². The van der Waals surface area contributed by atoms with Gasteiger partial charge in [0.1, 0.15) is 10.7 Å². The van der Waals surface area contributed by atoms with Crippen molar-refractivity contribution in [3.05, 3.63) is 36.4 Å². The van der Waals surface area contributed by atoms with Crippen LogP contribution in [0.3, 0.4) is 0 Å². The highest BCUT2D eigenvalue weighted by Gasteiger charge is 2.07. The quantitative estimate of drug-likeness (QED) is 0.532. The molecule has 6 heteroatoms. The van der Waals surface area contributed by atoms with E-state index < -0.39 is 0 Å². The number of nitrogens with zero attached hydrogens (tertiary/aromatic N) is 3. The van der Waals surface area contributed by atoms with Crippen LogP contribution >= 0.6 is 11.3 Å². The average molecular weight is 243 g/mol. The van der Waals surface area contributed by atoms with Gasteiger partial charge in [0.25, 0.3) is 0 Å². The predicted octanol–water partition coefficient (Wildman–Crippen LogP) is 2.04. The largest absolute Gasteiger partial charge is 0.307 e. The molecule has 0 atom stereocenters. The topological polar surface area (TPSA) is 76.7 Å². The number of thiazole rings is 1. The predicted molar refractivity (Wildman–Crippen MR) is 68.5 cm³/mol. The molecule has 3 N–H and O–H groups in total. The maximum atomic E-state index is 5.23. The first-order valence-corrected chi connectivity index (χ1v) is 5.85. The molecule has 2 heterocycles. The molecule has 17 heavy (non-hydrogen) atoms. The van der Waals surface area contributed by atoms with Crippen molar-refractivity contribution in [3.63, 3.8) is 0 Å². The summed E-state index contributed by atoms with van der Waals surface area (Å²) < 4.78 is 1.14. The summed E-state index contributed by atoms with van der Waals surface area (Å²) in [7, 11) is 0. The summed E-state index contributed by atoms with van der Waals surface area (Å²) in [6.45, 7) is 0. The summed E-state index contributed by atoms with van der Waals surface area (Å²) in [5.41, 5.74) is 4.18. The number of hydrazine groups is 1. The molecule has 0 aliphatic carbocycles. The van der Waals surface area contributed by atoms with Crippen molar-refractivity contribution in [2.75, 3.05) is 5.43 Å². The van der Waals surface area contributed by atoms with E-state index in [9.17, 15) is 0 Å². The fourth-order valence-electron chi connectivity index (χ4n) is 1.51. The highest BCUT2D eigenvalue weighted by atomic mass is 32.1. The number of fused-ring (bicyclic) bond motifs is 1. The molecule has 0 bridgehead atoms. The summed E-state index contributed by atoms with van der Waals surface area (Å²) in [5, 5.41) is 8.86. The lowest BCUT2D eigenvalue weighted by molar-refractivity contribution is 1.02. The highest BCUT2D eigenvalue weighted by molar-refractivity contribution is 7.21. The first-order valence-electron chi connectivity index (χ1n) is 5.03. The van der Waals surface area contributed by atoms with Crippen LogP contribution in [0.15, 0.2) is 36.4 Å². The molecule has 0 amide bonds. The van der Waals surface area contributed by atoms with Gasteiger partial charge < -0.3 is 5.43 Å². The van der Waals surface area contributed by atoms with Crippen molar-refractivity contribution in [1.29, 1.82) is 0 Å². The molecule has 0 saturated heterocycles. The molecule has 0 saturated carbocycles. The summed E-state index contributed by atoms with van der Waals surface area (Å²) in [5.74, 6) is 5.77. The van der Waals surface area contributed by atoms with Crippen LogP contribution in [-0.2, 0) is 0 Å². The first-order chi connectivity index (χ1) is 8.36. The van der Waals surface area contributed by atoms with Crippen LogP contribution in [0.1, 0.15) is 0 Å². The minimum atomic E-state index is 0.537. The maximum absolute atomic E-state index is 5.23. The van der Waals surface area contributed by atoms with Crippen molar-refractivity contribution in [3.8, 4) is 10.7 Å². The van der Waals surface area contributed by atoms with Crippen LogP contribution in [-0.4, -0.2) is 15.2 Å². The Kier molecular flexibility index (Phi) is 2.43. The van der Waals surface area contributed by atoms with Gasteiger partial charge >= 0.3 is 0 Å². The van der Waals surface area contributed by atoms with E-state index in [2.05, 4.69) is 20.6 Å². The fraction of sp³-hybridized carbons (Fsp3) is 0. The van der Waals surface area contributed by atoms with Crippen LogP contribution < -0.4 is 11.3 Å². The Morgan fingerprint density at radius 2 is 1.94 bits per heavy atom. The Bertz CT molecular complexity index is 613. The van der Waals surface area contributed by atoms with Gasteiger partial charge in [-0.25, -0.2) is 10.8 Å². The Hall–Kier alpha value is -2.05. The second-order valence-corrected chi connectivity index (χ2v) is 4.47. The first kappa shape index (κ1) is 10.1. The van der Waals surface area contributed by atoms with E-state index in [1.54, 1.807) is 17.4 Å². The number of rotatable bonds is 2. The number of nitrogens with two attached hydrogens (primary N) is 1. The monoisotopic (exact) mass is 243 g/mol. The zero-order valence-electron chi connectivity index (χ0n) is 8.79. The maximum Gasteiger partial charge on any atom is 0.162 e. The van der Waals surface area contributed by atoms with Gasteiger partial charge in [-0.3, -0.25) is 0 Å². The number of aromatic nitrogens is 3. The normalized spacial score (nSPS) is 10.6. The SMILES string of the molecule is NNc1ccc(-c2nc3ccccc3s2)nn1. The lowest BCUT2D eigenvalue weighted by Gasteiger charge is -1.97. The van der Waals surface area contributed by atoms with Crippen molar-refractivity contribution in [2.24, 2.45) is 5.84 Å². The van der Waals surface area contributed by atoms with Gasteiger partial charge in [-0.05, 0) is 24.3 Å². The number of nitrogens with one attached hydrogen (secondary N) is 1. The molecule has 84 valence electrons. The van der Waals surface area contributed by atoms with E-state index in [4.69, 9.17) is 5.84 Å². The summed E-state index contributed by atoms with van der Waals surface area (Å²) in [4.78, 5) is 4.50. The van der Waals surface area contributed by atoms with Gasteiger partial charge in [-0.2, -0.15) is 0 Å². The zero-order valence-corrected chi connectivity index (χ0v) is 9.61. The highest BCUT2D eigenvalue weighted by Crippen LogP contribution is 2.28. The van der Waals surface area contributed by atoms with Crippen molar-refractivity contribution in [1.82, 2.24) is 15.2 Å². The van der Waals surface area contributed by atoms with Crippen molar-refractivity contribution < 1.29 is 0 Å². The summed E-state index contributed by atoms with van der Waals surface area (Å²) in [6, 6.07) is 11.6. The standard InChI is InChI=1S/C11H9N5S/c12-14-10-6-5-8(15-16-10)11-13-7-3-1-2-4-9(7)17-11/h1-6H,12H2,(H,14,16). The van der Waals surface area contributed by atoms with Crippen LogP contribution in [0, 0.1) is 0 Å². The fourth-order valence-corrected chi connectivity index (χ4v) is 2.44. The molecule has 0 fully saturated rings. The molecule has 0 unspecified atom stereocenters. The molecule has 0 radical (unpaired) electrons.